The summed E-state index contributed by atoms with van der Waals surface area (Å²) in [4.78, 5) is 20.2. The molecule has 2 aliphatic heterocycles. The highest BCUT2D eigenvalue weighted by Crippen LogP contribution is 2.45. The van der Waals surface area contributed by atoms with E-state index in [1.165, 1.54) is 11.3 Å². The molecule has 0 unspecified atom stereocenters. The smallest absolute Gasteiger partial charge is 0.275 e. The number of ether oxygens (including phenoxy) is 1. The number of hydrogen-bond donors (Lipinski definition) is 2. The van der Waals surface area contributed by atoms with Gasteiger partial charge in [-0.05, 0) is 76.7 Å². The van der Waals surface area contributed by atoms with E-state index in [-0.39, 0.29) is 11.5 Å². The van der Waals surface area contributed by atoms with Gasteiger partial charge in [0.25, 0.3) is 5.91 Å². The van der Waals surface area contributed by atoms with E-state index in [0.717, 1.165) is 62.1 Å². The third kappa shape index (κ3) is 5.29. The Labute approximate surface area is 220 Å². The molecular weight excluding hydrogens is 486 g/mol. The fourth-order valence-corrected chi connectivity index (χ4v) is 5.93. The molecule has 2 aromatic heterocycles. The third-order valence-corrected chi connectivity index (χ3v) is 7.85. The Bertz CT molecular complexity index is 1330. The molecule has 2 aliphatic rings. The summed E-state index contributed by atoms with van der Waals surface area (Å²) < 4.78 is 6.35. The molecule has 9 nitrogen and oxygen atoms in total. The van der Waals surface area contributed by atoms with Gasteiger partial charge >= 0.3 is 0 Å². The number of aromatic nitrogens is 3. The maximum Gasteiger partial charge on any atom is 0.275 e. The molecule has 1 saturated heterocycles. The van der Waals surface area contributed by atoms with Gasteiger partial charge in [0.1, 0.15) is 33.7 Å². The van der Waals surface area contributed by atoms with Crippen LogP contribution in [0.5, 0.6) is 5.75 Å². The maximum atomic E-state index is 13.4. The predicted octanol–water partition coefficient (Wildman–Crippen LogP) is 4.26. The van der Waals surface area contributed by atoms with Gasteiger partial charge in [-0.2, -0.15) is 15.5 Å². The van der Waals surface area contributed by atoms with Gasteiger partial charge in [0.15, 0.2) is 0 Å². The largest absolute Gasteiger partial charge is 0.486 e. The number of thiazole rings is 1. The Kier molecular flexibility index (Phi) is 7.09. The Morgan fingerprint density at radius 1 is 1.38 bits per heavy atom. The van der Waals surface area contributed by atoms with Gasteiger partial charge in [-0.15, -0.1) is 11.3 Å². The molecule has 1 amide bonds. The molecule has 0 aliphatic carbocycles. The number of nitriles is 1. The van der Waals surface area contributed by atoms with Crippen LogP contribution in [0.15, 0.2) is 29.9 Å². The maximum absolute atomic E-state index is 13.4. The van der Waals surface area contributed by atoms with Gasteiger partial charge in [-0.1, -0.05) is 0 Å². The molecule has 0 spiro atoms. The summed E-state index contributed by atoms with van der Waals surface area (Å²) in [5.41, 5.74) is 3.59. The van der Waals surface area contributed by atoms with Gasteiger partial charge in [-0.25, -0.2) is 4.98 Å². The van der Waals surface area contributed by atoms with Gasteiger partial charge in [0.05, 0.1) is 23.8 Å². The highest BCUT2D eigenvalue weighted by atomic mass is 32.1. The Morgan fingerprint density at radius 3 is 3.00 bits per heavy atom. The zero-order chi connectivity index (χ0) is 26.0. The summed E-state index contributed by atoms with van der Waals surface area (Å²) in [6.45, 7) is 6.62. The fraction of sp³-hybridized carbons (Fsp3) is 0.444. The Morgan fingerprint density at radius 2 is 2.24 bits per heavy atom. The number of nitrogens with zero attached hydrogens (tertiary/aromatic N) is 5. The van der Waals surface area contributed by atoms with E-state index in [1.807, 2.05) is 19.2 Å². The van der Waals surface area contributed by atoms with Crippen LogP contribution in [-0.4, -0.2) is 53.4 Å². The lowest BCUT2D eigenvalue weighted by atomic mass is 9.90. The molecule has 1 fully saturated rings. The van der Waals surface area contributed by atoms with Crippen molar-refractivity contribution in [2.24, 2.45) is 5.92 Å². The molecule has 37 heavy (non-hydrogen) atoms. The number of piperidine rings is 1. The second kappa shape index (κ2) is 10.4. The monoisotopic (exact) mass is 517 g/mol. The molecule has 192 valence electrons. The molecular formula is C27H31N7O2S. The minimum absolute atomic E-state index is 0.310. The van der Waals surface area contributed by atoms with Crippen LogP contribution in [-0.2, 0) is 6.42 Å². The highest BCUT2D eigenvalue weighted by Gasteiger charge is 2.34. The summed E-state index contributed by atoms with van der Waals surface area (Å²) >= 11 is 1.38. The number of aryl methyl sites for hydroxylation is 1. The number of anilines is 2. The van der Waals surface area contributed by atoms with Crippen molar-refractivity contribution in [3.05, 3.63) is 46.7 Å². The minimum Gasteiger partial charge on any atom is -0.486 e. The lowest BCUT2D eigenvalue weighted by Gasteiger charge is -2.39. The normalized spacial score (nSPS) is 18.4. The van der Waals surface area contributed by atoms with E-state index in [4.69, 9.17) is 4.74 Å². The van der Waals surface area contributed by atoms with Crippen LogP contribution in [0, 0.1) is 17.2 Å². The molecule has 1 atom stereocenters. The number of rotatable bonds is 6. The first-order valence-electron chi connectivity index (χ1n) is 12.6. The van der Waals surface area contributed by atoms with Crippen molar-refractivity contribution in [3.8, 4) is 22.4 Å². The SMILES string of the molecule is CNC[C@@H]1CCCN(c2c(NC(=O)c3csc(-c4ccnnc4)n3)cc3c(c2C#N)OC(C)(C)CC3)C1. The van der Waals surface area contributed by atoms with E-state index >= 15 is 0 Å². The highest BCUT2D eigenvalue weighted by molar-refractivity contribution is 7.13. The third-order valence-electron chi connectivity index (χ3n) is 6.96. The number of amides is 1. The molecule has 4 heterocycles. The Balaban J connectivity index is 1.52. The van der Waals surface area contributed by atoms with Crippen molar-refractivity contribution in [2.75, 3.05) is 36.9 Å². The van der Waals surface area contributed by atoms with Crippen LogP contribution < -0.4 is 20.3 Å². The number of carbonyl (C=O) groups is 1. The van der Waals surface area contributed by atoms with Crippen LogP contribution in [0.4, 0.5) is 11.4 Å². The van der Waals surface area contributed by atoms with Crippen molar-refractivity contribution in [1.29, 1.82) is 5.26 Å². The van der Waals surface area contributed by atoms with E-state index < -0.39 is 0 Å². The zero-order valence-corrected chi connectivity index (χ0v) is 22.2. The number of fused-ring (bicyclic) bond motifs is 1. The quantitative estimate of drug-likeness (QED) is 0.498. The molecule has 5 rings (SSSR count). The van der Waals surface area contributed by atoms with E-state index in [1.54, 1.807) is 17.8 Å². The standard InChI is InChI=1S/C27H31N7O2S/c1-27(2)8-6-18-11-21(32-25(35)22-16-37-26(33-22)19-7-9-30-31-14-19)23(20(12-28)24(18)36-27)34-10-4-5-17(15-34)13-29-3/h7,9,11,14,16-17,29H,4-6,8,10,13,15H2,1-3H3,(H,32,35)/t17-/m0/s1. The fourth-order valence-electron chi connectivity index (χ4n) is 5.14. The molecule has 1 aromatic carbocycles. The van der Waals surface area contributed by atoms with E-state index in [9.17, 15) is 10.1 Å². The number of benzene rings is 1. The molecule has 0 bridgehead atoms. The molecule has 2 N–H and O–H groups in total. The van der Waals surface area contributed by atoms with Crippen molar-refractivity contribution in [1.82, 2.24) is 20.5 Å². The molecule has 10 heteroatoms. The van der Waals surface area contributed by atoms with Crippen LogP contribution in [0.3, 0.4) is 0 Å². The lowest BCUT2D eigenvalue weighted by molar-refractivity contribution is 0.0843. The van der Waals surface area contributed by atoms with E-state index in [2.05, 4.69) is 50.6 Å². The van der Waals surface area contributed by atoms with Crippen molar-refractivity contribution >= 4 is 28.6 Å². The minimum atomic E-state index is -0.351. The molecule has 0 radical (unpaired) electrons. The number of carbonyl (C=O) groups excluding carboxylic acids is 1. The summed E-state index contributed by atoms with van der Waals surface area (Å²) in [5, 5.41) is 26.9. The zero-order valence-electron chi connectivity index (χ0n) is 21.4. The van der Waals surface area contributed by atoms with Crippen LogP contribution in [0.2, 0.25) is 0 Å². The molecule has 0 saturated carbocycles. The van der Waals surface area contributed by atoms with E-state index in [0.29, 0.717) is 33.6 Å². The summed E-state index contributed by atoms with van der Waals surface area (Å²) in [5.74, 6) is 0.788. The predicted molar refractivity (Wildman–Crippen MR) is 144 cm³/mol. The van der Waals surface area contributed by atoms with Gasteiger partial charge in [0.2, 0.25) is 0 Å². The second-order valence-corrected chi connectivity index (χ2v) is 11.1. The second-order valence-electron chi connectivity index (χ2n) is 10.2. The van der Waals surface area contributed by atoms with Gasteiger partial charge in [0, 0.05) is 24.0 Å². The first-order valence-corrected chi connectivity index (χ1v) is 13.5. The van der Waals surface area contributed by atoms with Gasteiger partial charge < -0.3 is 20.3 Å². The summed E-state index contributed by atoms with van der Waals surface area (Å²) in [6.07, 6.45) is 6.98. The number of hydrogen-bond acceptors (Lipinski definition) is 9. The summed E-state index contributed by atoms with van der Waals surface area (Å²) in [7, 11) is 1.96. The van der Waals surface area contributed by atoms with Crippen molar-refractivity contribution < 1.29 is 9.53 Å². The van der Waals surface area contributed by atoms with Crippen molar-refractivity contribution in [2.45, 2.75) is 45.1 Å². The topological polar surface area (TPSA) is 116 Å². The van der Waals surface area contributed by atoms with Crippen LogP contribution in [0.25, 0.3) is 10.6 Å². The summed E-state index contributed by atoms with van der Waals surface area (Å²) in [6, 6.07) is 6.22. The Hall–Kier alpha value is -3.55. The lowest BCUT2D eigenvalue weighted by Crippen LogP contribution is -2.40. The average molecular weight is 518 g/mol. The van der Waals surface area contributed by atoms with Gasteiger partial charge in [-0.3, -0.25) is 4.79 Å². The average Bonchev–Trinajstić information content (AvgIpc) is 3.39. The van der Waals surface area contributed by atoms with Crippen LogP contribution >= 0.6 is 11.3 Å². The van der Waals surface area contributed by atoms with Crippen LogP contribution in [0.1, 0.15) is 54.7 Å². The first-order chi connectivity index (χ1) is 17.9. The van der Waals surface area contributed by atoms with Crippen molar-refractivity contribution in [3.63, 3.8) is 0 Å². The molecule has 3 aromatic rings. The number of nitrogens with one attached hydrogen (secondary N) is 2. The first kappa shape index (κ1) is 25.1.